The highest BCUT2D eigenvalue weighted by Gasteiger charge is 2.48. The van der Waals surface area contributed by atoms with E-state index in [0.29, 0.717) is 25.9 Å². The van der Waals surface area contributed by atoms with Gasteiger partial charge in [0.25, 0.3) is 5.91 Å². The number of carbonyl (C=O) groups excluding carboxylic acids is 2. The number of hydrogen-bond acceptors (Lipinski definition) is 5. The molecule has 40 heavy (non-hydrogen) atoms. The van der Waals surface area contributed by atoms with E-state index in [2.05, 4.69) is 10.2 Å². The third-order valence-electron chi connectivity index (χ3n) is 8.16. The van der Waals surface area contributed by atoms with E-state index in [4.69, 9.17) is 4.74 Å². The van der Waals surface area contributed by atoms with Gasteiger partial charge in [-0.3, -0.25) is 19.3 Å². The molecule has 2 fully saturated rings. The minimum atomic E-state index is -0.708. The Labute approximate surface area is 230 Å². The molecule has 1 aromatic heterocycles. The van der Waals surface area contributed by atoms with Crippen molar-refractivity contribution in [3.05, 3.63) is 99.5 Å². The van der Waals surface area contributed by atoms with Crippen LogP contribution in [0.4, 0.5) is 8.78 Å². The summed E-state index contributed by atoms with van der Waals surface area (Å²) in [6, 6.07) is 13.8. The van der Waals surface area contributed by atoms with Crippen molar-refractivity contribution in [3.8, 4) is 5.75 Å². The van der Waals surface area contributed by atoms with Crippen LogP contribution in [0.25, 0.3) is 0 Å². The van der Waals surface area contributed by atoms with Gasteiger partial charge >= 0.3 is 0 Å². The largest absolute Gasteiger partial charge is 0.483 e. The number of aromatic nitrogens is 1. The molecule has 0 aliphatic carbocycles. The number of amides is 2. The molecule has 6 rings (SSSR count). The zero-order valence-corrected chi connectivity index (χ0v) is 21.9. The monoisotopic (exact) mass is 548 g/mol. The third kappa shape index (κ3) is 4.88. The summed E-state index contributed by atoms with van der Waals surface area (Å²) in [6.45, 7) is 1.01. The molecule has 3 aromatic rings. The number of nitrogens with zero attached hydrogens (tertiary/aromatic N) is 3. The molecule has 3 atom stereocenters. The summed E-state index contributed by atoms with van der Waals surface area (Å²) in [7, 11) is 0. The number of hydrogen-bond donors (Lipinski definition) is 1. The highest BCUT2D eigenvalue weighted by Crippen LogP contribution is 2.36. The van der Waals surface area contributed by atoms with Crippen molar-refractivity contribution in [2.45, 2.75) is 63.6 Å². The molecular weight excluding hydrogens is 518 g/mol. The fourth-order valence-electron chi connectivity index (χ4n) is 6.21. The summed E-state index contributed by atoms with van der Waals surface area (Å²) in [5, 5.41) is 2.82. The molecule has 0 saturated carbocycles. The average Bonchev–Trinajstić information content (AvgIpc) is 2.96. The predicted octanol–water partition coefficient (Wildman–Crippen LogP) is 3.43. The predicted molar refractivity (Wildman–Crippen MR) is 142 cm³/mol. The van der Waals surface area contributed by atoms with Crippen molar-refractivity contribution in [2.75, 3.05) is 6.54 Å². The average molecular weight is 549 g/mol. The van der Waals surface area contributed by atoms with E-state index in [9.17, 15) is 23.2 Å². The quantitative estimate of drug-likeness (QED) is 0.511. The SMILES string of the molecule is O=C(NCc1ccc(F)cc1F)C1CCCC2CCN3C(=O)c4c(OCc5ccccc5)c(=O)ccn4CC3N21. The van der Waals surface area contributed by atoms with E-state index < -0.39 is 17.7 Å². The van der Waals surface area contributed by atoms with Crippen LogP contribution in [-0.2, 0) is 24.5 Å². The van der Waals surface area contributed by atoms with Gasteiger partial charge in [-0.25, -0.2) is 8.78 Å². The van der Waals surface area contributed by atoms with E-state index in [1.54, 1.807) is 15.7 Å². The molecule has 0 spiro atoms. The molecule has 1 N–H and O–H groups in total. The molecule has 208 valence electrons. The first kappa shape index (κ1) is 26.2. The number of pyridine rings is 1. The van der Waals surface area contributed by atoms with Crippen LogP contribution in [0.1, 0.15) is 47.3 Å². The second-order valence-corrected chi connectivity index (χ2v) is 10.6. The van der Waals surface area contributed by atoms with E-state index >= 15 is 0 Å². The van der Waals surface area contributed by atoms with Crippen LogP contribution in [0, 0.1) is 11.6 Å². The van der Waals surface area contributed by atoms with E-state index in [1.807, 2.05) is 30.3 Å². The number of rotatable bonds is 6. The topological polar surface area (TPSA) is 83.9 Å². The van der Waals surface area contributed by atoms with Gasteiger partial charge in [0.15, 0.2) is 11.4 Å². The van der Waals surface area contributed by atoms with Gasteiger partial charge in [0.1, 0.15) is 24.4 Å². The molecule has 2 saturated heterocycles. The number of benzene rings is 2. The van der Waals surface area contributed by atoms with Gasteiger partial charge in [-0.1, -0.05) is 36.4 Å². The Morgan fingerprint density at radius 3 is 2.65 bits per heavy atom. The molecule has 0 radical (unpaired) electrons. The number of nitrogens with one attached hydrogen (secondary N) is 1. The van der Waals surface area contributed by atoms with Crippen molar-refractivity contribution in [3.63, 3.8) is 0 Å². The number of ether oxygens (including phenoxy) is 1. The Morgan fingerprint density at radius 1 is 1.02 bits per heavy atom. The molecule has 3 aliphatic heterocycles. The van der Waals surface area contributed by atoms with Crippen molar-refractivity contribution >= 4 is 11.8 Å². The normalized spacial score (nSPS) is 22.2. The Balaban J connectivity index is 1.24. The summed E-state index contributed by atoms with van der Waals surface area (Å²) >= 11 is 0. The minimum absolute atomic E-state index is 0.0335. The molecule has 0 bridgehead atoms. The summed E-state index contributed by atoms with van der Waals surface area (Å²) in [6.07, 6.45) is 4.33. The van der Waals surface area contributed by atoms with Gasteiger partial charge in [-0.2, -0.15) is 0 Å². The minimum Gasteiger partial charge on any atom is -0.483 e. The Hall–Kier alpha value is -4.05. The van der Waals surface area contributed by atoms with Crippen LogP contribution >= 0.6 is 0 Å². The number of halogens is 2. The molecule has 3 unspecified atom stereocenters. The fourth-order valence-corrected chi connectivity index (χ4v) is 6.21. The van der Waals surface area contributed by atoms with Crippen molar-refractivity contribution in [1.82, 2.24) is 19.7 Å². The first-order valence-corrected chi connectivity index (χ1v) is 13.6. The van der Waals surface area contributed by atoms with Crippen molar-refractivity contribution in [1.29, 1.82) is 0 Å². The highest BCUT2D eigenvalue weighted by molar-refractivity contribution is 5.96. The summed E-state index contributed by atoms with van der Waals surface area (Å²) in [5.74, 6) is -1.89. The van der Waals surface area contributed by atoms with Crippen LogP contribution in [-0.4, -0.2) is 51.0 Å². The maximum Gasteiger partial charge on any atom is 0.275 e. The smallest absolute Gasteiger partial charge is 0.275 e. The summed E-state index contributed by atoms with van der Waals surface area (Å²) in [4.78, 5) is 43.9. The van der Waals surface area contributed by atoms with Crippen molar-refractivity contribution in [2.24, 2.45) is 0 Å². The second kappa shape index (κ2) is 10.8. The fraction of sp³-hybridized carbons (Fsp3) is 0.367. The van der Waals surface area contributed by atoms with E-state index in [0.717, 1.165) is 30.5 Å². The lowest BCUT2D eigenvalue weighted by Gasteiger charge is -2.54. The summed E-state index contributed by atoms with van der Waals surface area (Å²) < 4.78 is 35.1. The van der Waals surface area contributed by atoms with Crippen molar-refractivity contribution < 1.29 is 23.1 Å². The van der Waals surface area contributed by atoms with Gasteiger partial charge in [0.05, 0.1) is 12.6 Å². The molecule has 2 amide bonds. The Kier molecular flexibility index (Phi) is 7.10. The zero-order chi connectivity index (χ0) is 27.8. The lowest BCUT2D eigenvalue weighted by atomic mass is 9.89. The highest BCUT2D eigenvalue weighted by atomic mass is 19.1. The van der Waals surface area contributed by atoms with Crippen LogP contribution in [0.3, 0.4) is 0 Å². The maximum absolute atomic E-state index is 14.1. The van der Waals surface area contributed by atoms with Crippen LogP contribution in [0.15, 0.2) is 65.6 Å². The number of carbonyl (C=O) groups is 2. The van der Waals surface area contributed by atoms with Gasteiger partial charge < -0.3 is 19.5 Å². The van der Waals surface area contributed by atoms with Gasteiger partial charge in [0.2, 0.25) is 11.3 Å². The van der Waals surface area contributed by atoms with E-state index in [-0.39, 0.29) is 59.6 Å². The Bertz CT molecular complexity index is 1490. The third-order valence-corrected chi connectivity index (χ3v) is 8.16. The van der Waals surface area contributed by atoms with Gasteiger partial charge in [0, 0.05) is 43.0 Å². The maximum atomic E-state index is 14.1. The molecule has 4 heterocycles. The van der Waals surface area contributed by atoms with Gasteiger partial charge in [-0.15, -0.1) is 0 Å². The van der Waals surface area contributed by atoms with Gasteiger partial charge in [-0.05, 0) is 37.3 Å². The molecular formula is C30H30F2N4O4. The van der Waals surface area contributed by atoms with Crippen LogP contribution < -0.4 is 15.5 Å². The number of piperidine rings is 1. The first-order chi connectivity index (χ1) is 19.4. The molecule has 3 aliphatic rings. The summed E-state index contributed by atoms with van der Waals surface area (Å²) in [5.41, 5.74) is 0.959. The standard InChI is InChI=1S/C30H30F2N4O4/c31-21-10-9-20(23(32)15-21)16-33-29(38)24-8-4-7-22-11-14-35-26(36(22)24)17-34-13-12-25(37)28(27(34)30(35)39)40-18-19-5-2-1-3-6-19/h1-3,5-6,9-10,12-13,15,22,24,26H,4,7-8,11,14,16-18H2,(H,33,38). The van der Waals surface area contributed by atoms with E-state index in [1.165, 1.54) is 12.1 Å². The first-order valence-electron chi connectivity index (χ1n) is 13.6. The lowest BCUT2D eigenvalue weighted by molar-refractivity contribution is -0.139. The van der Waals surface area contributed by atoms with Crippen LogP contribution in [0.5, 0.6) is 5.75 Å². The second-order valence-electron chi connectivity index (χ2n) is 10.6. The Morgan fingerprint density at radius 2 is 1.85 bits per heavy atom. The molecule has 10 heteroatoms. The van der Waals surface area contributed by atoms with Crippen LogP contribution in [0.2, 0.25) is 0 Å². The number of fused-ring (bicyclic) bond motifs is 4. The molecule has 8 nitrogen and oxygen atoms in total. The molecule has 2 aromatic carbocycles. The zero-order valence-electron chi connectivity index (χ0n) is 21.9. The lowest BCUT2D eigenvalue weighted by Crippen LogP contribution is -2.69.